The minimum Gasteiger partial charge on any atom is -0.379 e. The molecule has 0 aliphatic carbocycles. The summed E-state index contributed by atoms with van der Waals surface area (Å²) >= 11 is 1.62. The van der Waals surface area contributed by atoms with Crippen LogP contribution in [-0.2, 0) is 4.74 Å². The predicted molar refractivity (Wildman–Crippen MR) is 96.5 cm³/mol. The van der Waals surface area contributed by atoms with Crippen LogP contribution < -0.4 is 5.32 Å². The van der Waals surface area contributed by atoms with Gasteiger partial charge in [0.15, 0.2) is 0 Å². The lowest BCUT2D eigenvalue weighted by Gasteiger charge is -2.32. The van der Waals surface area contributed by atoms with E-state index in [0.717, 1.165) is 42.6 Å². The molecule has 0 unspecified atom stereocenters. The highest BCUT2D eigenvalue weighted by Crippen LogP contribution is 2.23. The van der Waals surface area contributed by atoms with Gasteiger partial charge in [0, 0.05) is 47.9 Å². The topological polar surface area (TPSA) is 54.5 Å². The van der Waals surface area contributed by atoms with Gasteiger partial charge in [-0.05, 0) is 26.0 Å². The third-order valence-corrected chi connectivity index (χ3v) is 5.25. The van der Waals surface area contributed by atoms with Gasteiger partial charge in [-0.1, -0.05) is 12.1 Å². The Bertz CT molecular complexity index is 678. The van der Waals surface area contributed by atoms with Crippen LogP contribution in [0.15, 0.2) is 29.6 Å². The van der Waals surface area contributed by atoms with Crippen LogP contribution >= 0.6 is 11.3 Å². The van der Waals surface area contributed by atoms with Gasteiger partial charge >= 0.3 is 0 Å². The zero-order valence-corrected chi connectivity index (χ0v) is 14.9. The Kier molecular flexibility index (Phi) is 5.60. The van der Waals surface area contributed by atoms with E-state index in [1.807, 2.05) is 36.6 Å². The summed E-state index contributed by atoms with van der Waals surface area (Å²) in [4.78, 5) is 19.1. The first-order valence-corrected chi connectivity index (χ1v) is 9.14. The quantitative estimate of drug-likeness (QED) is 0.905. The van der Waals surface area contributed by atoms with Crippen molar-refractivity contribution < 1.29 is 9.53 Å². The molecule has 0 radical (unpaired) electrons. The van der Waals surface area contributed by atoms with Crippen LogP contribution in [0.25, 0.3) is 10.6 Å². The molecule has 1 N–H and O–H groups in total. The van der Waals surface area contributed by atoms with Crippen molar-refractivity contribution in [2.45, 2.75) is 19.9 Å². The summed E-state index contributed by atoms with van der Waals surface area (Å²) in [5.74, 6) is -0.0306. The number of morpholine rings is 1. The summed E-state index contributed by atoms with van der Waals surface area (Å²) in [5.41, 5.74) is 2.75. The van der Waals surface area contributed by atoms with Crippen molar-refractivity contribution in [3.8, 4) is 10.6 Å². The summed E-state index contributed by atoms with van der Waals surface area (Å²) < 4.78 is 5.36. The van der Waals surface area contributed by atoms with Crippen molar-refractivity contribution in [2.75, 3.05) is 32.8 Å². The molecule has 1 aromatic heterocycles. The van der Waals surface area contributed by atoms with Gasteiger partial charge in [-0.25, -0.2) is 4.98 Å². The molecule has 1 atom stereocenters. The van der Waals surface area contributed by atoms with Crippen molar-refractivity contribution in [3.63, 3.8) is 0 Å². The Balaban J connectivity index is 1.55. The highest BCUT2D eigenvalue weighted by atomic mass is 32.1. The van der Waals surface area contributed by atoms with E-state index in [9.17, 15) is 4.79 Å². The van der Waals surface area contributed by atoms with Crippen molar-refractivity contribution in [3.05, 3.63) is 40.9 Å². The zero-order valence-electron chi connectivity index (χ0n) is 14.1. The number of aryl methyl sites for hydroxylation is 1. The van der Waals surface area contributed by atoms with E-state index in [1.54, 1.807) is 11.3 Å². The third kappa shape index (κ3) is 4.20. The summed E-state index contributed by atoms with van der Waals surface area (Å²) in [6.45, 7) is 8.17. The average molecular weight is 345 g/mol. The normalized spacial score (nSPS) is 16.8. The maximum atomic E-state index is 12.3. The van der Waals surface area contributed by atoms with Gasteiger partial charge < -0.3 is 10.1 Å². The predicted octanol–water partition coefficient (Wildman–Crippen LogP) is 2.57. The van der Waals surface area contributed by atoms with Crippen LogP contribution in [-0.4, -0.2) is 54.7 Å². The van der Waals surface area contributed by atoms with E-state index in [1.165, 1.54) is 0 Å². The Morgan fingerprint density at radius 3 is 2.67 bits per heavy atom. The number of thiazole rings is 1. The van der Waals surface area contributed by atoms with Crippen LogP contribution in [0.1, 0.15) is 23.0 Å². The maximum Gasteiger partial charge on any atom is 0.251 e. The van der Waals surface area contributed by atoms with E-state index < -0.39 is 0 Å². The molecule has 1 aliphatic rings. The molecule has 1 aliphatic heterocycles. The van der Waals surface area contributed by atoms with E-state index >= 15 is 0 Å². The Morgan fingerprint density at radius 2 is 2.04 bits per heavy atom. The van der Waals surface area contributed by atoms with Crippen LogP contribution in [0.3, 0.4) is 0 Å². The number of carbonyl (C=O) groups is 1. The Labute approximate surface area is 146 Å². The molecule has 2 aromatic rings. The molecule has 3 rings (SSSR count). The van der Waals surface area contributed by atoms with Crippen molar-refractivity contribution in [1.29, 1.82) is 0 Å². The molecule has 5 nitrogen and oxygen atoms in total. The largest absolute Gasteiger partial charge is 0.379 e. The highest BCUT2D eigenvalue weighted by molar-refractivity contribution is 7.13. The van der Waals surface area contributed by atoms with Crippen LogP contribution in [0, 0.1) is 6.92 Å². The second-order valence-corrected chi connectivity index (χ2v) is 6.94. The molecule has 2 heterocycles. The van der Waals surface area contributed by atoms with Crippen molar-refractivity contribution in [2.24, 2.45) is 0 Å². The molecule has 24 heavy (non-hydrogen) atoms. The molecule has 1 amide bonds. The molecular formula is C18H23N3O2S. The van der Waals surface area contributed by atoms with Crippen LogP contribution in [0.5, 0.6) is 0 Å². The fraction of sp³-hybridized carbons (Fsp3) is 0.444. The van der Waals surface area contributed by atoms with E-state index in [2.05, 4.69) is 22.1 Å². The highest BCUT2D eigenvalue weighted by Gasteiger charge is 2.17. The van der Waals surface area contributed by atoms with E-state index in [-0.39, 0.29) is 5.91 Å². The van der Waals surface area contributed by atoms with Gasteiger partial charge in [0.2, 0.25) is 0 Å². The zero-order chi connectivity index (χ0) is 16.9. The molecule has 1 aromatic carbocycles. The van der Waals surface area contributed by atoms with Gasteiger partial charge in [0.25, 0.3) is 5.91 Å². The van der Waals surface area contributed by atoms with Gasteiger partial charge in [-0.3, -0.25) is 9.69 Å². The lowest BCUT2D eigenvalue weighted by atomic mass is 10.1. The number of nitrogens with one attached hydrogen (secondary N) is 1. The second kappa shape index (κ2) is 7.88. The number of aromatic nitrogens is 1. The standard InChI is InChI=1S/C18H23N3O2S/c1-13-12-24-18(20-13)16-5-3-15(4-6-16)17(22)19-11-14(2)21-7-9-23-10-8-21/h3-6,12,14H,7-11H2,1-2H3,(H,19,22)/t14-/m0/s1. The lowest BCUT2D eigenvalue weighted by molar-refractivity contribution is 0.0204. The van der Waals surface area contributed by atoms with Crippen LogP contribution in [0.4, 0.5) is 0 Å². The monoisotopic (exact) mass is 345 g/mol. The number of nitrogens with zero attached hydrogens (tertiary/aromatic N) is 2. The summed E-state index contributed by atoms with van der Waals surface area (Å²) in [6.07, 6.45) is 0. The molecule has 128 valence electrons. The molecule has 1 saturated heterocycles. The molecule has 0 spiro atoms. The number of rotatable bonds is 5. The Hall–Kier alpha value is -1.76. The second-order valence-electron chi connectivity index (χ2n) is 6.08. The SMILES string of the molecule is Cc1csc(-c2ccc(C(=O)NC[C@H](C)N3CCOCC3)cc2)n1. The van der Waals surface area contributed by atoms with E-state index in [0.29, 0.717) is 18.2 Å². The number of hydrogen-bond donors (Lipinski definition) is 1. The van der Waals surface area contributed by atoms with Gasteiger partial charge in [0.1, 0.15) is 5.01 Å². The maximum absolute atomic E-state index is 12.3. The third-order valence-electron chi connectivity index (χ3n) is 4.24. The molecular weight excluding hydrogens is 322 g/mol. The molecule has 0 saturated carbocycles. The number of benzene rings is 1. The first-order chi connectivity index (χ1) is 11.6. The Morgan fingerprint density at radius 1 is 1.33 bits per heavy atom. The van der Waals surface area contributed by atoms with E-state index in [4.69, 9.17) is 4.74 Å². The van der Waals surface area contributed by atoms with Gasteiger partial charge in [0.05, 0.1) is 13.2 Å². The summed E-state index contributed by atoms with van der Waals surface area (Å²) in [5, 5.41) is 6.04. The fourth-order valence-electron chi connectivity index (χ4n) is 2.74. The number of amides is 1. The van der Waals surface area contributed by atoms with Gasteiger partial charge in [-0.2, -0.15) is 0 Å². The van der Waals surface area contributed by atoms with Crippen molar-refractivity contribution in [1.82, 2.24) is 15.2 Å². The molecule has 0 bridgehead atoms. The summed E-state index contributed by atoms with van der Waals surface area (Å²) in [6, 6.07) is 7.95. The fourth-order valence-corrected chi connectivity index (χ4v) is 3.54. The minimum atomic E-state index is -0.0306. The average Bonchev–Trinajstić information content (AvgIpc) is 3.06. The van der Waals surface area contributed by atoms with Crippen molar-refractivity contribution >= 4 is 17.2 Å². The van der Waals surface area contributed by atoms with Crippen LogP contribution in [0.2, 0.25) is 0 Å². The first-order valence-electron chi connectivity index (χ1n) is 8.26. The molecule has 1 fully saturated rings. The number of hydrogen-bond acceptors (Lipinski definition) is 5. The van der Waals surface area contributed by atoms with Gasteiger partial charge in [-0.15, -0.1) is 11.3 Å². The smallest absolute Gasteiger partial charge is 0.251 e. The lowest BCUT2D eigenvalue weighted by Crippen LogP contribution is -2.47. The number of carbonyl (C=O) groups excluding carboxylic acids is 1. The number of ether oxygens (including phenoxy) is 1. The summed E-state index contributed by atoms with van der Waals surface area (Å²) in [7, 11) is 0. The minimum absolute atomic E-state index is 0.0306. The first kappa shape index (κ1) is 17.1. The molecule has 6 heteroatoms.